The summed E-state index contributed by atoms with van der Waals surface area (Å²) in [5.74, 6) is 0.153. The molecule has 4 heterocycles. The summed E-state index contributed by atoms with van der Waals surface area (Å²) >= 11 is 0. The van der Waals surface area contributed by atoms with Crippen molar-refractivity contribution in [3.63, 3.8) is 0 Å². The molecular formula is C22H21F2N7O. The number of pyridine rings is 1. The molecule has 0 saturated carbocycles. The summed E-state index contributed by atoms with van der Waals surface area (Å²) in [6.07, 6.45) is 2.51. The Balaban J connectivity index is 1.54. The topological polar surface area (TPSA) is 82.9 Å². The highest BCUT2D eigenvalue weighted by atomic mass is 19.1. The second kappa shape index (κ2) is 7.79. The van der Waals surface area contributed by atoms with Crippen LogP contribution in [0.1, 0.15) is 11.5 Å². The third kappa shape index (κ3) is 3.52. The Bertz CT molecular complexity index is 1320. The van der Waals surface area contributed by atoms with Gasteiger partial charge in [0.15, 0.2) is 11.5 Å². The molecule has 0 amide bonds. The van der Waals surface area contributed by atoms with Crippen molar-refractivity contribution in [2.75, 3.05) is 32.1 Å². The van der Waals surface area contributed by atoms with E-state index in [-0.39, 0.29) is 23.3 Å². The van der Waals surface area contributed by atoms with Crippen molar-refractivity contribution in [1.82, 2.24) is 29.6 Å². The normalized spacial score (nSPS) is 18.7. The summed E-state index contributed by atoms with van der Waals surface area (Å²) in [6, 6.07) is 9.43. The Morgan fingerprint density at radius 2 is 1.78 bits per heavy atom. The quantitative estimate of drug-likeness (QED) is 0.528. The predicted molar refractivity (Wildman–Crippen MR) is 116 cm³/mol. The maximum Gasteiger partial charge on any atom is 0.263 e. The minimum atomic E-state index is -0.463. The molecule has 1 aliphatic rings. The largest absolute Gasteiger partial charge is 0.340 e. The van der Waals surface area contributed by atoms with Crippen molar-refractivity contribution in [2.24, 2.45) is 0 Å². The van der Waals surface area contributed by atoms with E-state index in [0.717, 1.165) is 11.8 Å². The van der Waals surface area contributed by atoms with Gasteiger partial charge in [-0.2, -0.15) is 14.8 Å². The number of hydrogen-bond acceptors (Lipinski definition) is 6. The highest BCUT2D eigenvalue weighted by Gasteiger charge is 2.36. The van der Waals surface area contributed by atoms with Crippen LogP contribution in [-0.2, 0) is 0 Å². The fourth-order valence-corrected chi connectivity index (χ4v) is 4.24. The van der Waals surface area contributed by atoms with E-state index in [9.17, 15) is 13.6 Å². The van der Waals surface area contributed by atoms with Crippen LogP contribution in [0.5, 0.6) is 0 Å². The highest BCUT2D eigenvalue weighted by molar-refractivity contribution is 5.76. The lowest BCUT2D eigenvalue weighted by molar-refractivity contribution is 0.292. The molecule has 1 fully saturated rings. The van der Waals surface area contributed by atoms with Gasteiger partial charge in [-0.25, -0.2) is 13.8 Å². The molecule has 1 aliphatic heterocycles. The first-order valence-electron chi connectivity index (χ1n) is 10.2. The number of halogens is 2. The van der Waals surface area contributed by atoms with Gasteiger partial charge in [-0.15, -0.1) is 0 Å². The number of nitrogens with one attached hydrogen (secondary N) is 1. The van der Waals surface area contributed by atoms with Crippen molar-refractivity contribution in [1.29, 1.82) is 0 Å². The van der Waals surface area contributed by atoms with Crippen LogP contribution in [0.4, 0.5) is 14.7 Å². The van der Waals surface area contributed by atoms with E-state index in [4.69, 9.17) is 0 Å². The Kier molecular flexibility index (Phi) is 4.93. The number of rotatable bonds is 4. The molecule has 3 aromatic heterocycles. The zero-order chi connectivity index (χ0) is 22.4. The molecule has 10 heteroatoms. The molecule has 1 N–H and O–H groups in total. The lowest BCUT2D eigenvalue weighted by Crippen LogP contribution is -2.35. The lowest BCUT2D eigenvalue weighted by Gasteiger charge is -2.25. The molecule has 4 aromatic rings. The first kappa shape index (κ1) is 20.3. The van der Waals surface area contributed by atoms with Crippen molar-refractivity contribution >= 4 is 17.0 Å². The Hall–Kier alpha value is -3.66. The molecule has 8 nitrogen and oxygen atoms in total. The number of aromatic nitrogens is 5. The van der Waals surface area contributed by atoms with Crippen LogP contribution >= 0.6 is 0 Å². The molecule has 164 valence electrons. The molecular weight excluding hydrogens is 416 g/mol. The summed E-state index contributed by atoms with van der Waals surface area (Å²) < 4.78 is 28.1. The zero-order valence-electron chi connectivity index (χ0n) is 17.5. The van der Waals surface area contributed by atoms with Crippen LogP contribution in [-0.4, -0.2) is 62.9 Å². The van der Waals surface area contributed by atoms with Gasteiger partial charge in [0.05, 0.1) is 12.4 Å². The molecule has 0 aliphatic carbocycles. The van der Waals surface area contributed by atoms with Gasteiger partial charge < -0.3 is 9.80 Å². The Labute approximate surface area is 182 Å². The zero-order valence-corrected chi connectivity index (χ0v) is 17.5. The number of fused-ring (bicyclic) bond motifs is 1. The van der Waals surface area contributed by atoms with Gasteiger partial charge in [0, 0.05) is 25.0 Å². The number of anilines is 1. The maximum absolute atomic E-state index is 13.4. The third-order valence-electron chi connectivity index (χ3n) is 5.90. The second-order valence-corrected chi connectivity index (χ2v) is 8.11. The average Bonchev–Trinajstić information content (AvgIpc) is 3.40. The van der Waals surface area contributed by atoms with Crippen LogP contribution in [0.3, 0.4) is 0 Å². The highest BCUT2D eigenvalue weighted by Crippen LogP contribution is 2.32. The Morgan fingerprint density at radius 3 is 2.47 bits per heavy atom. The van der Waals surface area contributed by atoms with Crippen LogP contribution in [0.15, 0.2) is 53.6 Å². The van der Waals surface area contributed by atoms with E-state index < -0.39 is 5.82 Å². The smallest absolute Gasteiger partial charge is 0.263 e. The molecule has 1 aromatic carbocycles. The van der Waals surface area contributed by atoms with E-state index in [1.807, 2.05) is 19.0 Å². The van der Waals surface area contributed by atoms with Crippen LogP contribution in [0.2, 0.25) is 0 Å². The van der Waals surface area contributed by atoms with Gasteiger partial charge in [-0.05, 0) is 43.9 Å². The van der Waals surface area contributed by atoms with Crippen LogP contribution in [0.25, 0.3) is 16.9 Å². The third-order valence-corrected chi connectivity index (χ3v) is 5.90. The SMILES string of the molecule is CN(C)C1CN(c2nc3c(cnn3-c3ccc(F)cn3)c(=O)[nH]2)CC1c1ccc(F)cc1. The van der Waals surface area contributed by atoms with Gasteiger partial charge in [-0.1, -0.05) is 12.1 Å². The molecule has 1 saturated heterocycles. The molecule has 0 radical (unpaired) electrons. The molecule has 2 atom stereocenters. The minimum absolute atomic E-state index is 0.107. The molecule has 0 bridgehead atoms. The minimum Gasteiger partial charge on any atom is -0.340 e. The maximum atomic E-state index is 13.4. The van der Waals surface area contributed by atoms with Crippen molar-refractivity contribution in [2.45, 2.75) is 12.0 Å². The first-order chi connectivity index (χ1) is 15.4. The van der Waals surface area contributed by atoms with E-state index in [0.29, 0.717) is 35.9 Å². The standard InChI is InChI=1S/C22H21F2N7O/c1-29(2)18-12-30(11-17(18)13-3-5-14(23)6-4-13)22-27-20-16(21(32)28-22)10-26-31(20)19-8-7-15(24)9-25-19/h3-10,17-18H,11-12H2,1-2H3,(H,27,28,32). The van der Waals surface area contributed by atoms with Crippen LogP contribution < -0.4 is 10.5 Å². The van der Waals surface area contributed by atoms with Crippen LogP contribution in [0, 0.1) is 11.6 Å². The Morgan fingerprint density at radius 1 is 1.03 bits per heavy atom. The monoisotopic (exact) mass is 437 g/mol. The van der Waals surface area contributed by atoms with E-state index >= 15 is 0 Å². The summed E-state index contributed by atoms with van der Waals surface area (Å²) in [7, 11) is 4.00. The summed E-state index contributed by atoms with van der Waals surface area (Å²) in [6.45, 7) is 1.23. The van der Waals surface area contributed by atoms with Gasteiger partial charge in [0.1, 0.15) is 17.0 Å². The summed E-state index contributed by atoms with van der Waals surface area (Å²) in [5.41, 5.74) is 1.05. The molecule has 0 spiro atoms. The number of H-pyrrole nitrogens is 1. The fourth-order valence-electron chi connectivity index (χ4n) is 4.24. The van der Waals surface area contributed by atoms with Crippen molar-refractivity contribution < 1.29 is 8.78 Å². The number of likely N-dealkylation sites (N-methyl/N-ethyl adjacent to an activating group) is 1. The van der Waals surface area contributed by atoms with Gasteiger partial charge in [0.2, 0.25) is 5.95 Å². The van der Waals surface area contributed by atoms with Gasteiger partial charge in [0.25, 0.3) is 5.56 Å². The predicted octanol–water partition coefficient (Wildman–Crippen LogP) is 2.32. The van der Waals surface area contributed by atoms with Gasteiger partial charge in [-0.3, -0.25) is 9.78 Å². The number of nitrogens with zero attached hydrogens (tertiary/aromatic N) is 6. The molecule has 5 rings (SSSR count). The van der Waals surface area contributed by atoms with E-state index in [1.54, 1.807) is 12.1 Å². The average molecular weight is 437 g/mol. The number of hydrogen-bond donors (Lipinski definition) is 1. The first-order valence-corrected chi connectivity index (χ1v) is 10.2. The molecule has 32 heavy (non-hydrogen) atoms. The van der Waals surface area contributed by atoms with E-state index in [1.165, 1.54) is 35.1 Å². The van der Waals surface area contributed by atoms with E-state index in [2.05, 4.69) is 25.0 Å². The van der Waals surface area contributed by atoms with Crippen molar-refractivity contribution in [3.05, 3.63) is 76.3 Å². The number of aromatic amines is 1. The summed E-state index contributed by atoms with van der Waals surface area (Å²) in [5, 5.41) is 4.54. The fraction of sp³-hybridized carbons (Fsp3) is 0.273. The van der Waals surface area contributed by atoms with Gasteiger partial charge >= 0.3 is 0 Å². The number of benzene rings is 1. The lowest BCUT2D eigenvalue weighted by atomic mass is 9.94. The molecule has 2 unspecified atom stereocenters. The van der Waals surface area contributed by atoms with Crippen molar-refractivity contribution in [3.8, 4) is 5.82 Å². The summed E-state index contributed by atoms with van der Waals surface area (Å²) in [4.78, 5) is 28.5. The second-order valence-electron chi connectivity index (χ2n) is 8.11.